The number of aliphatic hydroxyl groups excluding tert-OH is 1. The highest BCUT2D eigenvalue weighted by Crippen LogP contribution is 2.28. The lowest BCUT2D eigenvalue weighted by Gasteiger charge is -2.15. The smallest absolute Gasteiger partial charge is 0.106 e. The van der Waals surface area contributed by atoms with Crippen LogP contribution in [0.2, 0.25) is 0 Å². The van der Waals surface area contributed by atoms with Crippen LogP contribution in [-0.4, -0.2) is 11.3 Å². The van der Waals surface area contributed by atoms with Gasteiger partial charge in [-0.2, -0.15) is 0 Å². The SMILES string of the molecule is N/C=C(\CC(N)O)C1=CC=C(Br)CC1. The Hall–Kier alpha value is -0.580. The fraction of sp³-hybridized carbons (Fsp3) is 0.400. The molecule has 1 aliphatic carbocycles. The van der Waals surface area contributed by atoms with Crippen LogP contribution >= 0.6 is 15.9 Å². The summed E-state index contributed by atoms with van der Waals surface area (Å²) in [5, 5.41) is 9.07. The zero-order chi connectivity index (χ0) is 10.6. The average Bonchev–Trinajstić information content (AvgIpc) is 2.15. The molecule has 0 bridgehead atoms. The van der Waals surface area contributed by atoms with E-state index in [2.05, 4.69) is 15.9 Å². The van der Waals surface area contributed by atoms with Crippen LogP contribution < -0.4 is 11.5 Å². The van der Waals surface area contributed by atoms with Crippen LogP contribution in [0.4, 0.5) is 0 Å². The summed E-state index contributed by atoms with van der Waals surface area (Å²) in [6.45, 7) is 0. The van der Waals surface area contributed by atoms with Crippen molar-refractivity contribution >= 4 is 15.9 Å². The van der Waals surface area contributed by atoms with E-state index in [1.807, 2.05) is 12.2 Å². The molecule has 0 radical (unpaired) electrons. The minimum Gasteiger partial charge on any atom is -0.404 e. The third-order valence-corrected chi connectivity index (χ3v) is 2.80. The molecule has 0 heterocycles. The first-order chi connectivity index (χ1) is 6.63. The van der Waals surface area contributed by atoms with Gasteiger partial charge in [-0.25, -0.2) is 0 Å². The standard InChI is InChI=1S/C10H15BrN2O/c11-9-3-1-7(2-4-9)8(6-12)5-10(13)14/h1,3,6,10,14H,2,4-5,12-13H2/b8-6+. The number of allylic oxidation sites excluding steroid dienone is 4. The molecule has 1 unspecified atom stereocenters. The van der Waals surface area contributed by atoms with Crippen LogP contribution in [0.15, 0.2) is 34.0 Å². The summed E-state index contributed by atoms with van der Waals surface area (Å²) in [5.41, 5.74) is 12.9. The van der Waals surface area contributed by atoms with Crippen LogP contribution in [0, 0.1) is 0 Å². The second-order valence-electron chi connectivity index (χ2n) is 3.27. The topological polar surface area (TPSA) is 72.3 Å². The molecule has 0 spiro atoms. The largest absolute Gasteiger partial charge is 0.404 e. The quantitative estimate of drug-likeness (QED) is 0.672. The van der Waals surface area contributed by atoms with E-state index in [1.54, 1.807) is 0 Å². The van der Waals surface area contributed by atoms with Crippen LogP contribution in [0.25, 0.3) is 0 Å². The van der Waals surface area contributed by atoms with Gasteiger partial charge in [0, 0.05) is 6.42 Å². The predicted octanol–water partition coefficient (Wildman–Crippen LogP) is 1.50. The molecule has 0 fully saturated rings. The minimum absolute atomic E-state index is 0.411. The second kappa shape index (κ2) is 5.34. The Morgan fingerprint density at radius 1 is 1.57 bits per heavy atom. The Bertz CT molecular complexity index is 292. The van der Waals surface area contributed by atoms with Gasteiger partial charge in [0.15, 0.2) is 0 Å². The molecule has 5 N–H and O–H groups in total. The van der Waals surface area contributed by atoms with Crippen LogP contribution in [0.5, 0.6) is 0 Å². The number of hydrogen-bond acceptors (Lipinski definition) is 3. The van der Waals surface area contributed by atoms with Crippen LogP contribution in [-0.2, 0) is 0 Å². The first-order valence-corrected chi connectivity index (χ1v) is 5.33. The Labute approximate surface area is 92.3 Å². The van der Waals surface area contributed by atoms with Crippen molar-refractivity contribution in [2.24, 2.45) is 11.5 Å². The normalized spacial score (nSPS) is 20.1. The Morgan fingerprint density at radius 2 is 2.29 bits per heavy atom. The summed E-state index contributed by atoms with van der Waals surface area (Å²) in [6, 6.07) is 0. The lowest BCUT2D eigenvalue weighted by molar-refractivity contribution is 0.183. The Kier molecular flexibility index (Phi) is 4.38. The van der Waals surface area contributed by atoms with Crippen molar-refractivity contribution < 1.29 is 5.11 Å². The maximum Gasteiger partial charge on any atom is 0.106 e. The molecule has 0 aromatic rings. The molecule has 1 aliphatic rings. The summed E-state index contributed by atoms with van der Waals surface area (Å²) in [5.74, 6) is 0. The van der Waals surface area contributed by atoms with E-state index in [1.165, 1.54) is 10.7 Å². The van der Waals surface area contributed by atoms with Crippen molar-refractivity contribution in [1.82, 2.24) is 0 Å². The Balaban J connectivity index is 2.72. The lowest BCUT2D eigenvalue weighted by Crippen LogP contribution is -2.20. The van der Waals surface area contributed by atoms with Gasteiger partial charge < -0.3 is 16.6 Å². The molecular formula is C10H15BrN2O. The molecule has 0 aliphatic heterocycles. The molecular weight excluding hydrogens is 244 g/mol. The molecule has 0 saturated heterocycles. The van der Waals surface area contributed by atoms with Gasteiger partial charge in [-0.3, -0.25) is 0 Å². The van der Waals surface area contributed by atoms with Gasteiger partial charge in [-0.05, 0) is 34.7 Å². The first kappa shape index (κ1) is 11.5. The van der Waals surface area contributed by atoms with Crippen molar-refractivity contribution in [3.05, 3.63) is 34.0 Å². The van der Waals surface area contributed by atoms with Gasteiger partial charge in [-0.1, -0.05) is 28.1 Å². The number of hydrogen-bond donors (Lipinski definition) is 3. The van der Waals surface area contributed by atoms with E-state index in [4.69, 9.17) is 16.6 Å². The van der Waals surface area contributed by atoms with E-state index in [0.717, 1.165) is 24.0 Å². The summed E-state index contributed by atoms with van der Waals surface area (Å²) in [4.78, 5) is 0. The van der Waals surface area contributed by atoms with Crippen molar-refractivity contribution in [3.8, 4) is 0 Å². The van der Waals surface area contributed by atoms with Gasteiger partial charge in [0.25, 0.3) is 0 Å². The van der Waals surface area contributed by atoms with Crippen molar-refractivity contribution in [1.29, 1.82) is 0 Å². The van der Waals surface area contributed by atoms with Gasteiger partial charge in [0.05, 0.1) is 0 Å². The number of aliphatic hydroxyl groups is 1. The first-order valence-electron chi connectivity index (χ1n) is 4.53. The summed E-state index contributed by atoms with van der Waals surface area (Å²) in [7, 11) is 0. The zero-order valence-corrected chi connectivity index (χ0v) is 9.50. The monoisotopic (exact) mass is 258 g/mol. The summed E-state index contributed by atoms with van der Waals surface area (Å²) >= 11 is 3.43. The van der Waals surface area contributed by atoms with Gasteiger partial charge in [0.2, 0.25) is 0 Å². The third kappa shape index (κ3) is 3.29. The molecule has 0 saturated carbocycles. The molecule has 3 nitrogen and oxygen atoms in total. The number of halogens is 1. The van der Waals surface area contributed by atoms with Gasteiger partial charge >= 0.3 is 0 Å². The van der Waals surface area contributed by atoms with Crippen LogP contribution in [0.3, 0.4) is 0 Å². The molecule has 0 amide bonds. The van der Waals surface area contributed by atoms with Gasteiger partial charge in [-0.15, -0.1) is 0 Å². The van der Waals surface area contributed by atoms with E-state index in [0.29, 0.717) is 6.42 Å². The molecule has 4 heteroatoms. The molecule has 14 heavy (non-hydrogen) atoms. The maximum atomic E-state index is 9.07. The van der Waals surface area contributed by atoms with Crippen molar-refractivity contribution in [2.75, 3.05) is 0 Å². The van der Waals surface area contributed by atoms with E-state index in [-0.39, 0.29) is 0 Å². The average molecular weight is 259 g/mol. The number of rotatable bonds is 3. The molecule has 1 atom stereocenters. The Morgan fingerprint density at radius 3 is 2.71 bits per heavy atom. The number of nitrogens with two attached hydrogens (primary N) is 2. The minimum atomic E-state index is -0.833. The van der Waals surface area contributed by atoms with Crippen molar-refractivity contribution in [2.45, 2.75) is 25.5 Å². The highest BCUT2D eigenvalue weighted by molar-refractivity contribution is 9.11. The second-order valence-corrected chi connectivity index (χ2v) is 4.29. The molecule has 0 aromatic carbocycles. The fourth-order valence-corrected chi connectivity index (χ4v) is 1.74. The summed E-state index contributed by atoms with van der Waals surface area (Å²) in [6.07, 6.45) is 7.03. The highest BCUT2D eigenvalue weighted by atomic mass is 79.9. The fourth-order valence-electron chi connectivity index (χ4n) is 1.41. The highest BCUT2D eigenvalue weighted by Gasteiger charge is 2.10. The third-order valence-electron chi connectivity index (χ3n) is 2.14. The molecule has 78 valence electrons. The van der Waals surface area contributed by atoms with Crippen LogP contribution in [0.1, 0.15) is 19.3 Å². The van der Waals surface area contributed by atoms with Crippen molar-refractivity contribution in [3.63, 3.8) is 0 Å². The van der Waals surface area contributed by atoms with Gasteiger partial charge in [0.1, 0.15) is 6.23 Å². The maximum absolute atomic E-state index is 9.07. The van der Waals surface area contributed by atoms with E-state index < -0.39 is 6.23 Å². The van der Waals surface area contributed by atoms with E-state index in [9.17, 15) is 0 Å². The molecule has 1 rings (SSSR count). The molecule has 0 aromatic heterocycles. The zero-order valence-electron chi connectivity index (χ0n) is 7.91. The predicted molar refractivity (Wildman–Crippen MR) is 61.4 cm³/mol. The summed E-state index contributed by atoms with van der Waals surface area (Å²) < 4.78 is 1.19. The van der Waals surface area contributed by atoms with E-state index >= 15 is 0 Å². The lowest BCUT2D eigenvalue weighted by atomic mass is 9.95.